The van der Waals surface area contributed by atoms with Crippen LogP contribution < -0.4 is 20.1 Å². The van der Waals surface area contributed by atoms with Crippen LogP contribution in [-0.2, 0) is 21.2 Å². The Hall–Kier alpha value is -3.89. The zero-order valence-corrected chi connectivity index (χ0v) is 21.2. The van der Waals surface area contributed by atoms with Gasteiger partial charge in [-0.05, 0) is 48.4 Å². The van der Waals surface area contributed by atoms with Crippen LogP contribution in [-0.4, -0.2) is 58.9 Å². The van der Waals surface area contributed by atoms with Gasteiger partial charge in [0.15, 0.2) is 11.5 Å². The van der Waals surface area contributed by atoms with Gasteiger partial charge in [-0.2, -0.15) is 4.31 Å². The maximum atomic E-state index is 12.8. The van der Waals surface area contributed by atoms with Crippen molar-refractivity contribution >= 4 is 27.5 Å². The molecule has 0 aliphatic carbocycles. The van der Waals surface area contributed by atoms with Crippen molar-refractivity contribution < 1.29 is 27.5 Å². The third-order valence-electron chi connectivity index (χ3n) is 5.41. The van der Waals surface area contributed by atoms with Crippen LogP contribution in [0.25, 0.3) is 0 Å². The number of para-hydroxylation sites is 1. The molecule has 0 aromatic heterocycles. The molecule has 0 atom stereocenters. The molecule has 0 aliphatic rings. The Morgan fingerprint density at radius 3 is 2.25 bits per heavy atom. The highest BCUT2D eigenvalue weighted by Crippen LogP contribution is 2.27. The van der Waals surface area contributed by atoms with E-state index in [1.807, 2.05) is 12.1 Å². The Bertz CT molecular complexity index is 1310. The summed E-state index contributed by atoms with van der Waals surface area (Å²) in [5, 5.41) is 5.49. The van der Waals surface area contributed by atoms with Crippen LogP contribution in [0.3, 0.4) is 0 Å². The largest absolute Gasteiger partial charge is 0.493 e. The van der Waals surface area contributed by atoms with Gasteiger partial charge in [0.2, 0.25) is 15.9 Å². The van der Waals surface area contributed by atoms with Gasteiger partial charge in [-0.25, -0.2) is 8.42 Å². The molecule has 3 aromatic rings. The van der Waals surface area contributed by atoms with Crippen LogP contribution in [0.15, 0.2) is 77.7 Å². The third kappa shape index (κ3) is 6.61. The Morgan fingerprint density at radius 1 is 0.889 bits per heavy atom. The molecule has 3 rings (SSSR count). The molecule has 0 saturated carbocycles. The van der Waals surface area contributed by atoms with Gasteiger partial charge in [0.1, 0.15) is 0 Å². The fourth-order valence-electron chi connectivity index (χ4n) is 3.49. The Balaban J connectivity index is 1.61. The summed E-state index contributed by atoms with van der Waals surface area (Å²) < 4.78 is 36.9. The standard InChI is InChI=1S/C26H29N3O6S/c1-29(36(32,33)20-9-5-4-6-10-20)18-25(30)28-22-12-8-7-11-21(22)26(31)27-16-15-19-13-14-23(34-2)24(17-19)35-3/h4-14,17H,15-16,18H2,1-3H3,(H,27,31)(H,28,30). The normalized spacial score (nSPS) is 11.1. The highest BCUT2D eigenvalue weighted by Gasteiger charge is 2.23. The third-order valence-corrected chi connectivity index (χ3v) is 7.23. The molecule has 0 saturated heterocycles. The van der Waals surface area contributed by atoms with E-state index in [-0.39, 0.29) is 22.1 Å². The number of rotatable bonds is 11. The molecule has 190 valence electrons. The Morgan fingerprint density at radius 2 is 1.56 bits per heavy atom. The molecule has 0 heterocycles. The minimum Gasteiger partial charge on any atom is -0.493 e. The van der Waals surface area contributed by atoms with Crippen LogP contribution in [0.4, 0.5) is 5.69 Å². The first-order chi connectivity index (χ1) is 17.3. The van der Waals surface area contributed by atoms with Gasteiger partial charge in [0.25, 0.3) is 5.91 Å². The van der Waals surface area contributed by atoms with E-state index in [1.165, 1.54) is 19.2 Å². The summed E-state index contributed by atoms with van der Waals surface area (Å²) >= 11 is 0. The van der Waals surface area contributed by atoms with Gasteiger partial charge in [-0.15, -0.1) is 0 Å². The smallest absolute Gasteiger partial charge is 0.253 e. The topological polar surface area (TPSA) is 114 Å². The van der Waals surface area contributed by atoms with Gasteiger partial charge >= 0.3 is 0 Å². The molecule has 9 nitrogen and oxygen atoms in total. The van der Waals surface area contributed by atoms with Gasteiger partial charge in [0, 0.05) is 13.6 Å². The molecule has 0 aliphatic heterocycles. The lowest BCUT2D eigenvalue weighted by molar-refractivity contribution is -0.116. The van der Waals surface area contributed by atoms with Crippen molar-refractivity contribution in [1.82, 2.24) is 9.62 Å². The van der Waals surface area contributed by atoms with Crippen LogP contribution in [0.5, 0.6) is 11.5 Å². The number of nitrogens with one attached hydrogen (secondary N) is 2. The molecular weight excluding hydrogens is 482 g/mol. The quantitative estimate of drug-likeness (QED) is 0.409. The lowest BCUT2D eigenvalue weighted by atomic mass is 10.1. The van der Waals surface area contributed by atoms with Crippen LogP contribution >= 0.6 is 0 Å². The maximum Gasteiger partial charge on any atom is 0.253 e. The molecule has 2 amide bonds. The van der Waals surface area contributed by atoms with Crippen LogP contribution in [0, 0.1) is 0 Å². The second-order valence-electron chi connectivity index (χ2n) is 7.86. The van der Waals surface area contributed by atoms with Crippen molar-refractivity contribution in [2.24, 2.45) is 0 Å². The zero-order valence-electron chi connectivity index (χ0n) is 20.4. The highest BCUT2D eigenvalue weighted by molar-refractivity contribution is 7.89. The number of hydrogen-bond acceptors (Lipinski definition) is 6. The number of ether oxygens (including phenoxy) is 2. The van der Waals surface area contributed by atoms with E-state index < -0.39 is 22.5 Å². The number of hydrogen-bond donors (Lipinski definition) is 2. The summed E-state index contributed by atoms with van der Waals surface area (Å²) in [5.74, 6) is 0.296. The summed E-state index contributed by atoms with van der Waals surface area (Å²) in [7, 11) is 0.626. The van der Waals surface area contributed by atoms with Crippen molar-refractivity contribution in [3.05, 3.63) is 83.9 Å². The number of nitrogens with zero attached hydrogens (tertiary/aromatic N) is 1. The van der Waals surface area contributed by atoms with Crippen LogP contribution in [0.2, 0.25) is 0 Å². The van der Waals surface area contributed by atoms with E-state index in [0.717, 1.165) is 9.87 Å². The number of carbonyl (C=O) groups is 2. The zero-order chi connectivity index (χ0) is 26.1. The number of benzene rings is 3. The summed E-state index contributed by atoms with van der Waals surface area (Å²) in [6.45, 7) is -0.0544. The number of likely N-dealkylation sites (N-methyl/N-ethyl adjacent to an activating group) is 1. The summed E-state index contributed by atoms with van der Waals surface area (Å²) in [4.78, 5) is 25.5. The lowest BCUT2D eigenvalue weighted by Gasteiger charge is -2.17. The number of sulfonamides is 1. The van der Waals surface area contributed by atoms with E-state index in [1.54, 1.807) is 62.8 Å². The van der Waals surface area contributed by atoms with Gasteiger partial charge < -0.3 is 20.1 Å². The molecule has 0 bridgehead atoms. The number of methoxy groups -OCH3 is 2. The first-order valence-electron chi connectivity index (χ1n) is 11.2. The van der Waals surface area contributed by atoms with E-state index in [4.69, 9.17) is 9.47 Å². The summed E-state index contributed by atoms with van der Waals surface area (Å²) in [6, 6.07) is 19.9. The Kier molecular flexibility index (Phi) is 9.04. The molecule has 0 spiro atoms. The number of carbonyl (C=O) groups excluding carboxylic acids is 2. The fraction of sp³-hybridized carbons (Fsp3) is 0.231. The van der Waals surface area contributed by atoms with Crippen molar-refractivity contribution in [3.8, 4) is 11.5 Å². The van der Waals surface area contributed by atoms with Gasteiger partial charge in [-0.1, -0.05) is 36.4 Å². The molecule has 0 fully saturated rings. The molecule has 10 heteroatoms. The van der Waals surface area contributed by atoms with Crippen molar-refractivity contribution in [2.45, 2.75) is 11.3 Å². The summed E-state index contributed by atoms with van der Waals surface area (Å²) in [5.41, 5.74) is 1.51. The van der Waals surface area contributed by atoms with Crippen molar-refractivity contribution in [3.63, 3.8) is 0 Å². The predicted octanol–water partition coefficient (Wildman–Crippen LogP) is 2.94. The lowest BCUT2D eigenvalue weighted by Crippen LogP contribution is -2.35. The minimum absolute atomic E-state index is 0.0922. The van der Waals surface area contributed by atoms with Crippen molar-refractivity contribution in [2.75, 3.05) is 39.7 Å². The number of anilines is 1. The molecule has 36 heavy (non-hydrogen) atoms. The SMILES string of the molecule is COc1ccc(CCNC(=O)c2ccccc2NC(=O)CN(C)S(=O)(=O)c2ccccc2)cc1OC. The average Bonchev–Trinajstić information content (AvgIpc) is 2.89. The molecular formula is C26H29N3O6S. The fourth-order valence-corrected chi connectivity index (χ4v) is 4.64. The van der Waals surface area contributed by atoms with E-state index in [9.17, 15) is 18.0 Å². The highest BCUT2D eigenvalue weighted by atomic mass is 32.2. The van der Waals surface area contributed by atoms with Gasteiger partial charge in [0.05, 0.1) is 36.9 Å². The van der Waals surface area contributed by atoms with Crippen molar-refractivity contribution in [1.29, 1.82) is 0 Å². The van der Waals surface area contributed by atoms with Crippen LogP contribution in [0.1, 0.15) is 15.9 Å². The minimum atomic E-state index is -3.82. The van der Waals surface area contributed by atoms with E-state index >= 15 is 0 Å². The van der Waals surface area contributed by atoms with Gasteiger partial charge in [-0.3, -0.25) is 9.59 Å². The second-order valence-corrected chi connectivity index (χ2v) is 9.91. The predicted molar refractivity (Wildman–Crippen MR) is 137 cm³/mol. The van der Waals surface area contributed by atoms with E-state index in [2.05, 4.69) is 10.6 Å². The number of amides is 2. The summed E-state index contributed by atoms with van der Waals surface area (Å²) in [6.07, 6.45) is 0.558. The molecule has 0 unspecified atom stereocenters. The Labute approximate surface area is 211 Å². The molecule has 2 N–H and O–H groups in total. The molecule has 0 radical (unpaired) electrons. The monoisotopic (exact) mass is 511 g/mol. The maximum absolute atomic E-state index is 12.8. The first-order valence-corrected chi connectivity index (χ1v) is 12.6. The first kappa shape index (κ1) is 26.7. The second kappa shape index (κ2) is 12.2. The van der Waals surface area contributed by atoms with E-state index in [0.29, 0.717) is 24.5 Å². The molecule has 3 aromatic carbocycles. The average molecular weight is 512 g/mol.